The molecular formula is C10H8BrClO3. The highest BCUT2D eigenvalue weighted by atomic mass is 79.9. The van der Waals surface area contributed by atoms with Gasteiger partial charge in [0, 0.05) is 4.47 Å². The van der Waals surface area contributed by atoms with Crippen LogP contribution in [0.15, 0.2) is 34.8 Å². The Morgan fingerprint density at radius 3 is 2.87 bits per heavy atom. The van der Waals surface area contributed by atoms with Crippen LogP contribution >= 0.6 is 27.5 Å². The van der Waals surface area contributed by atoms with Gasteiger partial charge in [-0.3, -0.25) is 0 Å². The maximum absolute atomic E-state index is 10.5. The standard InChI is InChI=1S/C10H8BrClO3/c1-6(10(13)14)5-15-8-4-2-3-7(11)9(8)12/h2-4H,1,5H2,(H,13,14). The average Bonchev–Trinajstić information content (AvgIpc) is 2.19. The molecule has 0 aliphatic carbocycles. The first-order valence-electron chi connectivity index (χ1n) is 4.00. The normalized spacial score (nSPS) is 9.73. The summed E-state index contributed by atoms with van der Waals surface area (Å²) in [6.07, 6.45) is 0. The molecule has 0 bridgehead atoms. The molecule has 0 saturated heterocycles. The van der Waals surface area contributed by atoms with Gasteiger partial charge < -0.3 is 9.84 Å². The SMILES string of the molecule is C=C(COc1cccc(Br)c1Cl)C(=O)O. The van der Waals surface area contributed by atoms with Crippen LogP contribution in [-0.4, -0.2) is 17.7 Å². The number of ether oxygens (including phenoxy) is 1. The largest absolute Gasteiger partial charge is 0.487 e. The second-order valence-electron chi connectivity index (χ2n) is 2.75. The molecule has 0 aromatic heterocycles. The van der Waals surface area contributed by atoms with Crippen molar-refractivity contribution >= 4 is 33.5 Å². The number of carboxylic acid groups (broad SMARTS) is 1. The fourth-order valence-electron chi connectivity index (χ4n) is 0.822. The molecule has 0 unspecified atom stereocenters. The van der Waals surface area contributed by atoms with Gasteiger partial charge in [0.15, 0.2) is 0 Å². The van der Waals surface area contributed by atoms with Crippen LogP contribution in [0.5, 0.6) is 5.75 Å². The van der Waals surface area contributed by atoms with Crippen molar-refractivity contribution in [3.63, 3.8) is 0 Å². The number of rotatable bonds is 4. The van der Waals surface area contributed by atoms with E-state index in [0.717, 1.165) is 0 Å². The Balaban J connectivity index is 2.70. The summed E-state index contributed by atoms with van der Waals surface area (Å²) < 4.78 is 5.90. The summed E-state index contributed by atoms with van der Waals surface area (Å²) in [5.41, 5.74) is -0.0222. The highest BCUT2D eigenvalue weighted by Crippen LogP contribution is 2.31. The molecule has 0 amide bonds. The number of carboxylic acids is 1. The van der Waals surface area contributed by atoms with Crippen LogP contribution in [0.25, 0.3) is 0 Å². The van der Waals surface area contributed by atoms with Crippen LogP contribution in [0.4, 0.5) is 0 Å². The molecule has 0 aliphatic rings. The third kappa shape index (κ3) is 3.25. The first-order chi connectivity index (χ1) is 7.02. The molecule has 1 aromatic rings. The van der Waals surface area contributed by atoms with Gasteiger partial charge in [-0.1, -0.05) is 24.2 Å². The van der Waals surface area contributed by atoms with Crippen molar-refractivity contribution in [2.45, 2.75) is 0 Å². The van der Waals surface area contributed by atoms with Crippen LogP contribution < -0.4 is 4.74 Å². The van der Waals surface area contributed by atoms with E-state index in [0.29, 0.717) is 15.2 Å². The zero-order valence-corrected chi connectivity index (χ0v) is 10.0. The molecule has 3 nitrogen and oxygen atoms in total. The molecule has 1 N–H and O–H groups in total. The molecule has 1 aromatic carbocycles. The lowest BCUT2D eigenvalue weighted by Crippen LogP contribution is -2.09. The van der Waals surface area contributed by atoms with E-state index < -0.39 is 5.97 Å². The summed E-state index contributed by atoms with van der Waals surface area (Å²) >= 11 is 9.14. The van der Waals surface area contributed by atoms with E-state index in [4.69, 9.17) is 21.4 Å². The molecule has 0 spiro atoms. The van der Waals surface area contributed by atoms with E-state index in [2.05, 4.69) is 22.5 Å². The molecule has 0 radical (unpaired) electrons. The fourth-order valence-corrected chi connectivity index (χ4v) is 1.35. The summed E-state index contributed by atoms with van der Waals surface area (Å²) in [7, 11) is 0. The molecular weight excluding hydrogens is 283 g/mol. The van der Waals surface area contributed by atoms with Crippen LogP contribution in [0, 0.1) is 0 Å². The van der Waals surface area contributed by atoms with E-state index in [1.54, 1.807) is 18.2 Å². The Labute approximate surface area is 100 Å². The zero-order chi connectivity index (χ0) is 11.4. The van der Waals surface area contributed by atoms with Crippen molar-refractivity contribution in [2.24, 2.45) is 0 Å². The molecule has 0 heterocycles. The quantitative estimate of drug-likeness (QED) is 0.867. The number of aliphatic carboxylic acids is 1. The van der Waals surface area contributed by atoms with E-state index in [9.17, 15) is 4.79 Å². The zero-order valence-electron chi connectivity index (χ0n) is 7.67. The Hall–Kier alpha value is -1.00. The van der Waals surface area contributed by atoms with Crippen LogP contribution in [0.1, 0.15) is 0 Å². The van der Waals surface area contributed by atoms with Crippen molar-refractivity contribution in [1.82, 2.24) is 0 Å². The van der Waals surface area contributed by atoms with Gasteiger partial charge in [-0.15, -0.1) is 0 Å². The number of benzene rings is 1. The van der Waals surface area contributed by atoms with Gasteiger partial charge in [0.05, 0.1) is 10.6 Å². The van der Waals surface area contributed by atoms with Crippen molar-refractivity contribution in [1.29, 1.82) is 0 Å². The third-order valence-electron chi connectivity index (χ3n) is 1.62. The van der Waals surface area contributed by atoms with Gasteiger partial charge in [0.1, 0.15) is 12.4 Å². The van der Waals surface area contributed by atoms with E-state index in [-0.39, 0.29) is 12.2 Å². The second-order valence-corrected chi connectivity index (χ2v) is 3.98. The predicted octanol–water partition coefficient (Wildman–Crippen LogP) is 3.12. The Kier molecular flexibility index (Phi) is 4.17. The Morgan fingerprint density at radius 2 is 2.27 bits per heavy atom. The Morgan fingerprint density at radius 1 is 1.60 bits per heavy atom. The molecule has 0 atom stereocenters. The molecule has 80 valence electrons. The topological polar surface area (TPSA) is 46.5 Å². The minimum atomic E-state index is -1.08. The van der Waals surface area contributed by atoms with Crippen LogP contribution in [-0.2, 0) is 4.79 Å². The summed E-state index contributed by atoms with van der Waals surface area (Å²) in [5, 5.41) is 8.97. The monoisotopic (exact) mass is 290 g/mol. The van der Waals surface area contributed by atoms with Gasteiger partial charge >= 0.3 is 5.97 Å². The maximum Gasteiger partial charge on any atom is 0.334 e. The van der Waals surface area contributed by atoms with Gasteiger partial charge in [-0.2, -0.15) is 0 Å². The predicted molar refractivity (Wildman–Crippen MR) is 61.4 cm³/mol. The second kappa shape index (κ2) is 5.19. The Bertz CT molecular complexity index is 404. The maximum atomic E-state index is 10.5. The van der Waals surface area contributed by atoms with E-state index in [1.165, 1.54) is 0 Å². The average molecular weight is 292 g/mol. The summed E-state index contributed by atoms with van der Waals surface area (Å²) in [4.78, 5) is 10.5. The van der Waals surface area contributed by atoms with Crippen molar-refractivity contribution in [3.8, 4) is 5.75 Å². The fraction of sp³-hybridized carbons (Fsp3) is 0.100. The first-order valence-corrected chi connectivity index (χ1v) is 5.17. The van der Waals surface area contributed by atoms with E-state index >= 15 is 0 Å². The van der Waals surface area contributed by atoms with Crippen LogP contribution in [0.2, 0.25) is 5.02 Å². The smallest absolute Gasteiger partial charge is 0.334 e. The molecule has 0 saturated carbocycles. The highest BCUT2D eigenvalue weighted by molar-refractivity contribution is 9.10. The number of hydrogen-bond acceptors (Lipinski definition) is 2. The third-order valence-corrected chi connectivity index (χ3v) is 2.90. The van der Waals surface area contributed by atoms with Gasteiger partial charge in [-0.25, -0.2) is 4.79 Å². The summed E-state index contributed by atoms with van der Waals surface area (Å²) in [6.45, 7) is 3.25. The van der Waals surface area contributed by atoms with Crippen LogP contribution in [0.3, 0.4) is 0 Å². The highest BCUT2D eigenvalue weighted by Gasteiger charge is 2.08. The molecule has 1 rings (SSSR count). The van der Waals surface area contributed by atoms with Gasteiger partial charge in [0.2, 0.25) is 0 Å². The molecule has 0 fully saturated rings. The van der Waals surface area contributed by atoms with E-state index in [1.807, 2.05) is 0 Å². The lowest BCUT2D eigenvalue weighted by atomic mass is 10.3. The van der Waals surface area contributed by atoms with Gasteiger partial charge in [0.25, 0.3) is 0 Å². The minimum Gasteiger partial charge on any atom is -0.487 e. The number of halogens is 2. The van der Waals surface area contributed by atoms with Crippen molar-refractivity contribution < 1.29 is 14.6 Å². The lowest BCUT2D eigenvalue weighted by Gasteiger charge is -2.08. The molecule has 15 heavy (non-hydrogen) atoms. The summed E-state index contributed by atoms with van der Waals surface area (Å²) in [6, 6.07) is 5.16. The minimum absolute atomic E-state index is 0.0222. The number of carbonyl (C=O) groups is 1. The van der Waals surface area contributed by atoms with Crippen molar-refractivity contribution in [2.75, 3.05) is 6.61 Å². The first kappa shape index (κ1) is 12.1. The van der Waals surface area contributed by atoms with Gasteiger partial charge in [-0.05, 0) is 28.1 Å². The molecule has 0 aliphatic heterocycles. The summed E-state index contributed by atoms with van der Waals surface area (Å²) in [5.74, 6) is -0.658. The lowest BCUT2D eigenvalue weighted by molar-refractivity contribution is -0.133. The van der Waals surface area contributed by atoms with Crippen molar-refractivity contribution in [3.05, 3.63) is 39.8 Å². The number of hydrogen-bond donors (Lipinski definition) is 1. The molecule has 5 heteroatoms.